The number of hydrogen-bond donors (Lipinski definition) is 2. The van der Waals surface area contributed by atoms with Crippen LogP contribution >= 0.6 is 0 Å². The zero-order valence-corrected chi connectivity index (χ0v) is 12.9. The zero-order valence-electron chi connectivity index (χ0n) is 12.9. The van der Waals surface area contributed by atoms with Gasteiger partial charge < -0.3 is 15.4 Å². The third-order valence-corrected chi connectivity index (χ3v) is 2.59. The van der Waals surface area contributed by atoms with Gasteiger partial charge in [-0.3, -0.25) is 4.79 Å². The van der Waals surface area contributed by atoms with Gasteiger partial charge >= 0.3 is 0 Å². The number of carbonyl (C=O) groups excluding carboxylic acids is 1. The van der Waals surface area contributed by atoms with Gasteiger partial charge in [-0.15, -0.1) is 0 Å². The van der Waals surface area contributed by atoms with Crippen molar-refractivity contribution < 1.29 is 9.53 Å². The molecule has 0 bridgehead atoms. The maximum absolute atomic E-state index is 11.6. The molecule has 0 fully saturated rings. The van der Waals surface area contributed by atoms with E-state index in [2.05, 4.69) is 24.5 Å². The highest BCUT2D eigenvalue weighted by atomic mass is 16.5. The van der Waals surface area contributed by atoms with Crippen LogP contribution in [0, 0.1) is 5.92 Å². The molecule has 0 atom stereocenters. The Hall–Kier alpha value is -1.55. The summed E-state index contributed by atoms with van der Waals surface area (Å²) in [6, 6.07) is 7.93. The van der Waals surface area contributed by atoms with Crippen molar-refractivity contribution in [1.82, 2.24) is 10.6 Å². The van der Waals surface area contributed by atoms with Crippen LogP contribution < -0.4 is 15.4 Å². The summed E-state index contributed by atoms with van der Waals surface area (Å²) < 4.78 is 5.64. The molecular weight excluding hydrogens is 252 g/mol. The van der Waals surface area contributed by atoms with Crippen molar-refractivity contribution in [2.45, 2.75) is 40.3 Å². The molecule has 4 nitrogen and oxygen atoms in total. The van der Waals surface area contributed by atoms with Gasteiger partial charge in [-0.25, -0.2) is 0 Å². The van der Waals surface area contributed by atoms with E-state index in [9.17, 15) is 4.79 Å². The van der Waals surface area contributed by atoms with Crippen molar-refractivity contribution in [2.24, 2.45) is 5.92 Å². The Balaban J connectivity index is 2.33. The van der Waals surface area contributed by atoms with Gasteiger partial charge in [-0.1, -0.05) is 26.0 Å². The van der Waals surface area contributed by atoms with Crippen LogP contribution in [-0.4, -0.2) is 25.1 Å². The normalized spacial score (nSPS) is 10.9. The molecule has 0 saturated carbocycles. The van der Waals surface area contributed by atoms with Crippen molar-refractivity contribution in [1.29, 1.82) is 0 Å². The molecule has 20 heavy (non-hydrogen) atoms. The molecular formula is C16H26N2O2. The summed E-state index contributed by atoms with van der Waals surface area (Å²) in [6.45, 7) is 9.88. The minimum Gasteiger partial charge on any atom is -0.491 e. The van der Waals surface area contributed by atoms with Crippen LogP contribution in [0.25, 0.3) is 0 Å². The van der Waals surface area contributed by atoms with Crippen LogP contribution in [-0.2, 0) is 11.3 Å². The first-order valence-corrected chi connectivity index (χ1v) is 7.20. The molecule has 0 saturated heterocycles. The maximum atomic E-state index is 11.6. The number of nitrogens with one attached hydrogen (secondary N) is 2. The van der Waals surface area contributed by atoms with E-state index in [4.69, 9.17) is 4.74 Å². The predicted molar refractivity (Wildman–Crippen MR) is 81.8 cm³/mol. The fourth-order valence-electron chi connectivity index (χ4n) is 1.70. The minimum atomic E-state index is 0.0354. The molecule has 0 spiro atoms. The van der Waals surface area contributed by atoms with E-state index in [0.717, 1.165) is 17.9 Å². The molecule has 112 valence electrons. The smallest absolute Gasteiger partial charge is 0.233 e. The first kappa shape index (κ1) is 16.5. The highest BCUT2D eigenvalue weighted by Gasteiger charge is 2.03. The molecule has 0 aliphatic heterocycles. The number of carbonyl (C=O) groups is 1. The van der Waals surface area contributed by atoms with Gasteiger partial charge in [0.1, 0.15) is 5.75 Å². The van der Waals surface area contributed by atoms with E-state index in [-0.39, 0.29) is 12.0 Å². The second kappa shape index (κ2) is 8.59. The Labute approximate surface area is 121 Å². The van der Waals surface area contributed by atoms with Crippen molar-refractivity contribution in [3.63, 3.8) is 0 Å². The SMILES string of the molecule is CC(C)CNC(=O)CNCc1cccc(OC(C)C)c1. The number of hydrogen-bond acceptors (Lipinski definition) is 3. The molecule has 1 aromatic carbocycles. The Morgan fingerprint density at radius 2 is 2.00 bits per heavy atom. The highest BCUT2D eigenvalue weighted by Crippen LogP contribution is 2.14. The molecule has 0 aromatic heterocycles. The fourth-order valence-corrected chi connectivity index (χ4v) is 1.70. The predicted octanol–water partition coefficient (Wildman–Crippen LogP) is 2.34. The molecule has 1 amide bonds. The van der Waals surface area contributed by atoms with Gasteiger partial charge in [0.05, 0.1) is 12.6 Å². The third-order valence-electron chi connectivity index (χ3n) is 2.59. The average molecular weight is 278 g/mol. The van der Waals surface area contributed by atoms with Crippen LogP contribution in [0.1, 0.15) is 33.3 Å². The molecule has 0 aliphatic rings. The van der Waals surface area contributed by atoms with E-state index >= 15 is 0 Å². The van der Waals surface area contributed by atoms with E-state index in [1.54, 1.807) is 0 Å². The lowest BCUT2D eigenvalue weighted by molar-refractivity contribution is -0.120. The monoisotopic (exact) mass is 278 g/mol. The van der Waals surface area contributed by atoms with Crippen LogP contribution in [0.4, 0.5) is 0 Å². The standard InChI is InChI=1S/C16H26N2O2/c1-12(2)9-18-16(19)11-17-10-14-6-5-7-15(8-14)20-13(3)4/h5-8,12-13,17H,9-11H2,1-4H3,(H,18,19). The van der Waals surface area contributed by atoms with Gasteiger partial charge in [0.2, 0.25) is 5.91 Å². The summed E-state index contributed by atoms with van der Waals surface area (Å²) in [5.74, 6) is 1.38. The maximum Gasteiger partial charge on any atom is 0.233 e. The molecule has 0 heterocycles. The second-order valence-electron chi connectivity index (χ2n) is 5.62. The van der Waals surface area contributed by atoms with E-state index < -0.39 is 0 Å². The van der Waals surface area contributed by atoms with Crippen molar-refractivity contribution in [2.75, 3.05) is 13.1 Å². The Bertz CT molecular complexity index is 417. The van der Waals surface area contributed by atoms with Gasteiger partial charge in [0, 0.05) is 13.1 Å². The summed E-state index contributed by atoms with van der Waals surface area (Å²) in [5, 5.41) is 6.02. The van der Waals surface area contributed by atoms with Gasteiger partial charge in [-0.2, -0.15) is 0 Å². The molecule has 0 aliphatic carbocycles. The van der Waals surface area contributed by atoms with Crippen molar-refractivity contribution >= 4 is 5.91 Å². The Morgan fingerprint density at radius 1 is 1.25 bits per heavy atom. The summed E-state index contributed by atoms with van der Waals surface area (Å²) in [6.07, 6.45) is 0.167. The average Bonchev–Trinajstić information content (AvgIpc) is 2.36. The molecule has 2 N–H and O–H groups in total. The van der Waals surface area contributed by atoms with Crippen molar-refractivity contribution in [3.05, 3.63) is 29.8 Å². The Morgan fingerprint density at radius 3 is 2.65 bits per heavy atom. The quantitative estimate of drug-likeness (QED) is 0.767. The first-order valence-electron chi connectivity index (χ1n) is 7.20. The number of rotatable bonds is 8. The molecule has 4 heteroatoms. The van der Waals surface area contributed by atoms with E-state index in [1.165, 1.54) is 0 Å². The lowest BCUT2D eigenvalue weighted by Crippen LogP contribution is -2.35. The Kier molecular flexibility index (Phi) is 7.09. The number of amides is 1. The van der Waals surface area contributed by atoms with Gasteiger partial charge in [-0.05, 0) is 37.5 Å². The molecule has 1 aromatic rings. The largest absolute Gasteiger partial charge is 0.491 e. The highest BCUT2D eigenvalue weighted by molar-refractivity contribution is 5.77. The molecule has 1 rings (SSSR count). The zero-order chi connectivity index (χ0) is 15.0. The van der Waals surface area contributed by atoms with Crippen LogP contribution in [0.15, 0.2) is 24.3 Å². The molecule has 0 radical (unpaired) electrons. The summed E-state index contributed by atoms with van der Waals surface area (Å²) in [7, 11) is 0. The van der Waals surface area contributed by atoms with E-state index in [0.29, 0.717) is 19.0 Å². The van der Waals surface area contributed by atoms with Crippen molar-refractivity contribution in [3.8, 4) is 5.75 Å². The summed E-state index contributed by atoms with van der Waals surface area (Å²) >= 11 is 0. The number of benzene rings is 1. The van der Waals surface area contributed by atoms with Gasteiger partial charge in [0.25, 0.3) is 0 Å². The second-order valence-corrected chi connectivity index (χ2v) is 5.62. The number of ether oxygens (including phenoxy) is 1. The lowest BCUT2D eigenvalue weighted by Gasteiger charge is -2.11. The molecule has 0 unspecified atom stereocenters. The lowest BCUT2D eigenvalue weighted by atomic mass is 10.2. The first-order chi connectivity index (χ1) is 9.47. The van der Waals surface area contributed by atoms with Crippen LogP contribution in [0.3, 0.4) is 0 Å². The van der Waals surface area contributed by atoms with Crippen LogP contribution in [0.5, 0.6) is 5.75 Å². The topological polar surface area (TPSA) is 50.4 Å². The minimum absolute atomic E-state index is 0.0354. The summed E-state index contributed by atoms with van der Waals surface area (Å²) in [4.78, 5) is 11.6. The van der Waals surface area contributed by atoms with E-state index in [1.807, 2.05) is 38.1 Å². The summed E-state index contributed by atoms with van der Waals surface area (Å²) in [5.41, 5.74) is 1.11. The van der Waals surface area contributed by atoms with Crippen LogP contribution in [0.2, 0.25) is 0 Å². The van der Waals surface area contributed by atoms with Gasteiger partial charge in [0.15, 0.2) is 0 Å². The fraction of sp³-hybridized carbons (Fsp3) is 0.562. The third kappa shape index (κ3) is 7.14.